The van der Waals surface area contributed by atoms with Crippen molar-refractivity contribution in [3.8, 4) is 0 Å². The van der Waals surface area contributed by atoms with E-state index in [0.717, 1.165) is 41.1 Å². The number of allylic oxidation sites excluding steroid dienone is 1. The molecule has 1 atom stereocenters. The molecule has 0 radical (unpaired) electrons. The first-order chi connectivity index (χ1) is 15.3. The number of fused-ring (bicyclic) bond motifs is 1. The van der Waals surface area contributed by atoms with Gasteiger partial charge in [-0.25, -0.2) is 0 Å². The molecule has 2 N–H and O–H groups in total. The average Bonchev–Trinajstić information content (AvgIpc) is 2.87. The number of Topliss-reactive ketones (excluding diaryl/α,β-unsaturated/α-hetero) is 1. The first-order valence-corrected chi connectivity index (χ1v) is 11.5. The molecule has 0 fully saturated rings. The first-order valence-electron chi connectivity index (χ1n) is 11.5. The largest absolute Gasteiger partial charge is 0.357 e. The molecule has 1 aliphatic heterocycles. The molecule has 2 aromatic rings. The molecule has 0 saturated carbocycles. The predicted octanol–water partition coefficient (Wildman–Crippen LogP) is 5.14. The molecule has 1 heterocycles. The Kier molecular flexibility index (Phi) is 6.09. The minimum Gasteiger partial charge on any atom is -0.357 e. The number of ketones is 1. The van der Waals surface area contributed by atoms with Crippen LogP contribution in [-0.4, -0.2) is 24.8 Å². The fourth-order valence-corrected chi connectivity index (χ4v) is 4.80. The van der Waals surface area contributed by atoms with E-state index in [2.05, 4.69) is 60.6 Å². The topological polar surface area (TPSA) is 61.4 Å². The number of benzene rings is 2. The van der Waals surface area contributed by atoms with Crippen LogP contribution in [0.1, 0.15) is 57.2 Å². The summed E-state index contributed by atoms with van der Waals surface area (Å²) in [6.07, 6.45) is 2.18. The van der Waals surface area contributed by atoms with Crippen LogP contribution >= 0.6 is 0 Å². The van der Waals surface area contributed by atoms with Gasteiger partial charge in [0.2, 0.25) is 5.91 Å². The number of aryl methyl sites for hydroxylation is 1. The van der Waals surface area contributed by atoms with Crippen LogP contribution in [0.2, 0.25) is 0 Å². The van der Waals surface area contributed by atoms with Gasteiger partial charge < -0.3 is 15.5 Å². The summed E-state index contributed by atoms with van der Waals surface area (Å²) in [5, 5.41) is 6.60. The SMILES string of the molecule is CCCNC(=O)CN1c2ccccc2NC2=C(C(=O)CC(C)(C)C2)[C@H]1c1ccc(C)cc1. The summed E-state index contributed by atoms with van der Waals surface area (Å²) < 4.78 is 0. The number of hydrogen-bond acceptors (Lipinski definition) is 4. The minimum atomic E-state index is -0.322. The van der Waals surface area contributed by atoms with Gasteiger partial charge >= 0.3 is 0 Å². The summed E-state index contributed by atoms with van der Waals surface area (Å²) in [7, 11) is 0. The Bertz CT molecular complexity index is 1050. The summed E-state index contributed by atoms with van der Waals surface area (Å²) in [4.78, 5) is 28.6. The monoisotopic (exact) mass is 431 g/mol. The van der Waals surface area contributed by atoms with Gasteiger partial charge in [-0.3, -0.25) is 9.59 Å². The third kappa shape index (κ3) is 4.43. The lowest BCUT2D eigenvalue weighted by Crippen LogP contribution is -2.42. The van der Waals surface area contributed by atoms with Crippen molar-refractivity contribution in [2.75, 3.05) is 23.3 Å². The predicted molar refractivity (Wildman–Crippen MR) is 130 cm³/mol. The van der Waals surface area contributed by atoms with Gasteiger partial charge in [-0.05, 0) is 42.9 Å². The zero-order valence-corrected chi connectivity index (χ0v) is 19.5. The van der Waals surface area contributed by atoms with E-state index < -0.39 is 0 Å². The summed E-state index contributed by atoms with van der Waals surface area (Å²) >= 11 is 0. The molecule has 1 amide bonds. The van der Waals surface area contributed by atoms with E-state index in [1.807, 2.05) is 31.2 Å². The van der Waals surface area contributed by atoms with Gasteiger partial charge in [0.1, 0.15) is 0 Å². The average molecular weight is 432 g/mol. The van der Waals surface area contributed by atoms with Crippen LogP contribution in [-0.2, 0) is 9.59 Å². The third-order valence-electron chi connectivity index (χ3n) is 6.28. The van der Waals surface area contributed by atoms with Crippen LogP contribution in [0.15, 0.2) is 59.8 Å². The molecule has 2 aromatic carbocycles. The van der Waals surface area contributed by atoms with Gasteiger partial charge in [-0.15, -0.1) is 0 Å². The van der Waals surface area contributed by atoms with Crippen LogP contribution in [0.4, 0.5) is 11.4 Å². The molecular weight excluding hydrogens is 398 g/mol. The minimum absolute atomic E-state index is 0.0357. The van der Waals surface area contributed by atoms with Crippen molar-refractivity contribution < 1.29 is 9.59 Å². The Morgan fingerprint density at radius 3 is 2.56 bits per heavy atom. The number of nitrogens with zero attached hydrogens (tertiary/aromatic N) is 1. The number of carbonyl (C=O) groups excluding carboxylic acids is 2. The highest BCUT2D eigenvalue weighted by Gasteiger charge is 2.41. The van der Waals surface area contributed by atoms with Gasteiger partial charge in [0.15, 0.2) is 5.78 Å². The van der Waals surface area contributed by atoms with E-state index in [1.165, 1.54) is 5.56 Å². The number of rotatable bonds is 5. The number of carbonyl (C=O) groups is 2. The van der Waals surface area contributed by atoms with Crippen molar-refractivity contribution in [2.45, 2.75) is 53.0 Å². The van der Waals surface area contributed by atoms with Crippen LogP contribution in [0.5, 0.6) is 0 Å². The van der Waals surface area contributed by atoms with Gasteiger partial charge in [-0.2, -0.15) is 0 Å². The van der Waals surface area contributed by atoms with E-state index in [1.54, 1.807) is 0 Å². The van der Waals surface area contributed by atoms with Crippen molar-refractivity contribution >= 4 is 23.1 Å². The van der Waals surface area contributed by atoms with Crippen molar-refractivity contribution in [1.82, 2.24) is 5.32 Å². The van der Waals surface area contributed by atoms with E-state index in [4.69, 9.17) is 0 Å². The smallest absolute Gasteiger partial charge is 0.239 e. The van der Waals surface area contributed by atoms with Crippen molar-refractivity contribution in [3.05, 3.63) is 70.9 Å². The van der Waals surface area contributed by atoms with Gasteiger partial charge in [0.25, 0.3) is 0 Å². The van der Waals surface area contributed by atoms with Crippen molar-refractivity contribution in [2.24, 2.45) is 5.41 Å². The highest BCUT2D eigenvalue weighted by atomic mass is 16.2. The van der Waals surface area contributed by atoms with Crippen molar-refractivity contribution in [3.63, 3.8) is 0 Å². The molecule has 5 nitrogen and oxygen atoms in total. The second kappa shape index (κ2) is 8.81. The zero-order chi connectivity index (χ0) is 22.9. The molecular formula is C27H33N3O2. The maximum Gasteiger partial charge on any atom is 0.239 e. The summed E-state index contributed by atoms with van der Waals surface area (Å²) in [6.45, 7) is 9.21. The summed E-state index contributed by atoms with van der Waals surface area (Å²) in [5.74, 6) is 0.118. The molecule has 0 bridgehead atoms. The molecule has 0 aromatic heterocycles. The molecule has 0 saturated heterocycles. The molecule has 2 aliphatic rings. The Morgan fingerprint density at radius 2 is 1.84 bits per heavy atom. The van der Waals surface area contributed by atoms with Crippen LogP contribution < -0.4 is 15.5 Å². The van der Waals surface area contributed by atoms with Gasteiger partial charge in [0, 0.05) is 24.2 Å². The molecule has 5 heteroatoms. The second-order valence-electron chi connectivity index (χ2n) is 9.77. The highest BCUT2D eigenvalue weighted by molar-refractivity contribution is 6.01. The number of amides is 1. The first kappa shape index (κ1) is 22.1. The third-order valence-corrected chi connectivity index (χ3v) is 6.28. The Morgan fingerprint density at radius 1 is 1.12 bits per heavy atom. The molecule has 0 spiro atoms. The fourth-order valence-electron chi connectivity index (χ4n) is 4.80. The lowest BCUT2D eigenvalue weighted by molar-refractivity contribution is -0.120. The Balaban J connectivity index is 1.90. The van der Waals surface area contributed by atoms with Crippen LogP contribution in [0.3, 0.4) is 0 Å². The lowest BCUT2D eigenvalue weighted by Gasteiger charge is -2.38. The number of nitrogens with one attached hydrogen (secondary N) is 2. The molecule has 32 heavy (non-hydrogen) atoms. The maximum atomic E-state index is 13.6. The second-order valence-corrected chi connectivity index (χ2v) is 9.77. The number of para-hydroxylation sites is 2. The normalized spacial score (nSPS) is 19.6. The molecule has 1 aliphatic carbocycles. The summed E-state index contributed by atoms with van der Waals surface area (Å²) in [6, 6.07) is 16.0. The van der Waals surface area contributed by atoms with E-state index in [0.29, 0.717) is 13.0 Å². The fraction of sp³-hybridized carbons (Fsp3) is 0.407. The summed E-state index contributed by atoms with van der Waals surface area (Å²) in [5.41, 5.74) is 5.71. The van der Waals surface area contributed by atoms with Gasteiger partial charge in [0.05, 0.1) is 24.0 Å². The lowest BCUT2D eigenvalue weighted by atomic mass is 9.73. The van der Waals surface area contributed by atoms with E-state index in [9.17, 15) is 9.59 Å². The Hall–Kier alpha value is -3.08. The molecule has 168 valence electrons. The van der Waals surface area contributed by atoms with E-state index >= 15 is 0 Å². The van der Waals surface area contributed by atoms with Crippen LogP contribution in [0, 0.1) is 12.3 Å². The standard InChI is InChI=1S/C27H33N3O2/c1-5-14-28-24(32)17-30-22-9-7-6-8-20(22)29-21-15-27(3,4)16-23(31)25(21)26(30)19-12-10-18(2)11-13-19/h6-13,26,29H,5,14-17H2,1-4H3,(H,28,32)/t26-/m1/s1. The highest BCUT2D eigenvalue weighted by Crippen LogP contribution is 2.48. The number of anilines is 2. The maximum absolute atomic E-state index is 13.6. The number of hydrogen-bond donors (Lipinski definition) is 2. The van der Waals surface area contributed by atoms with Crippen LogP contribution in [0.25, 0.3) is 0 Å². The van der Waals surface area contributed by atoms with Gasteiger partial charge in [-0.1, -0.05) is 62.7 Å². The van der Waals surface area contributed by atoms with E-state index in [-0.39, 0.29) is 29.7 Å². The molecule has 4 rings (SSSR count). The van der Waals surface area contributed by atoms with Crippen molar-refractivity contribution in [1.29, 1.82) is 0 Å². The molecule has 0 unspecified atom stereocenters. The zero-order valence-electron chi connectivity index (χ0n) is 19.5. The quantitative estimate of drug-likeness (QED) is 0.688. The Labute approximate surface area is 190 Å².